The zero-order valence-corrected chi connectivity index (χ0v) is 13.7. The lowest BCUT2D eigenvalue weighted by Crippen LogP contribution is -2.31. The minimum Gasteiger partial charge on any atom is -0.349 e. The van der Waals surface area contributed by atoms with Crippen LogP contribution in [-0.2, 0) is 17.9 Å². The number of nitro groups is 1. The largest absolute Gasteiger partial charge is 0.349 e. The van der Waals surface area contributed by atoms with Crippen LogP contribution in [0.5, 0.6) is 0 Å². The lowest BCUT2D eigenvalue weighted by Gasteiger charge is -2.13. The van der Waals surface area contributed by atoms with E-state index in [0.717, 1.165) is 0 Å². The minimum atomic E-state index is -0.681. The maximum absolute atomic E-state index is 12.2. The number of nitrogens with zero attached hydrogens (tertiary/aromatic N) is 5. The summed E-state index contributed by atoms with van der Waals surface area (Å²) < 4.78 is 2.97. The lowest BCUT2D eigenvalue weighted by molar-refractivity contribution is -0.385. The van der Waals surface area contributed by atoms with E-state index in [0.29, 0.717) is 17.3 Å². The molecule has 0 radical (unpaired) electrons. The molecule has 1 unspecified atom stereocenters. The number of halogens is 1. The number of nitrogens with one attached hydrogen (secondary N) is 1. The van der Waals surface area contributed by atoms with E-state index >= 15 is 0 Å². The van der Waals surface area contributed by atoms with E-state index in [9.17, 15) is 14.9 Å². The van der Waals surface area contributed by atoms with Gasteiger partial charge >= 0.3 is 5.69 Å². The topological polar surface area (TPSA) is 108 Å². The van der Waals surface area contributed by atoms with Crippen molar-refractivity contribution in [2.75, 3.05) is 0 Å². The maximum atomic E-state index is 12.2. The van der Waals surface area contributed by atoms with Gasteiger partial charge in [0.1, 0.15) is 17.9 Å². The fourth-order valence-electron chi connectivity index (χ4n) is 2.12. The Bertz CT molecular complexity index is 738. The van der Waals surface area contributed by atoms with Crippen LogP contribution in [0.15, 0.2) is 12.4 Å². The summed E-state index contributed by atoms with van der Waals surface area (Å²) in [5.74, 6) is -0.317. The van der Waals surface area contributed by atoms with Crippen LogP contribution in [-0.4, -0.2) is 30.4 Å². The predicted octanol–water partition coefficient (Wildman–Crippen LogP) is 1.85. The van der Waals surface area contributed by atoms with E-state index in [4.69, 9.17) is 11.6 Å². The van der Waals surface area contributed by atoms with Crippen molar-refractivity contribution in [2.45, 2.75) is 39.9 Å². The van der Waals surface area contributed by atoms with Crippen molar-refractivity contribution in [3.05, 3.63) is 38.9 Å². The van der Waals surface area contributed by atoms with Gasteiger partial charge in [0.05, 0.1) is 28.4 Å². The molecule has 1 atom stereocenters. The maximum Gasteiger partial charge on any atom is 0.309 e. The SMILES string of the molecule is CCn1ncc(Cl)c1CNC(=O)C(C)n1cc([N+](=O)[O-])c(C)n1. The Morgan fingerprint density at radius 1 is 1.57 bits per heavy atom. The first-order valence-electron chi connectivity index (χ1n) is 7.03. The minimum absolute atomic E-state index is 0.114. The third-order valence-corrected chi connectivity index (χ3v) is 3.81. The van der Waals surface area contributed by atoms with Gasteiger partial charge < -0.3 is 5.32 Å². The Hall–Kier alpha value is -2.42. The van der Waals surface area contributed by atoms with E-state index in [-0.39, 0.29) is 23.8 Å². The Balaban J connectivity index is 2.07. The molecular formula is C13H17ClN6O3. The first kappa shape index (κ1) is 16.9. The molecule has 2 aromatic rings. The van der Waals surface area contributed by atoms with Crippen molar-refractivity contribution in [1.82, 2.24) is 24.9 Å². The average molecular weight is 341 g/mol. The molecule has 0 bridgehead atoms. The second kappa shape index (κ2) is 6.78. The highest BCUT2D eigenvalue weighted by Gasteiger charge is 2.22. The highest BCUT2D eigenvalue weighted by molar-refractivity contribution is 6.31. The van der Waals surface area contributed by atoms with Gasteiger partial charge in [-0.2, -0.15) is 10.2 Å². The number of amides is 1. The number of hydrogen-bond donors (Lipinski definition) is 1. The molecule has 0 saturated carbocycles. The van der Waals surface area contributed by atoms with Crippen LogP contribution in [0.25, 0.3) is 0 Å². The van der Waals surface area contributed by atoms with Crippen LogP contribution in [0, 0.1) is 17.0 Å². The van der Waals surface area contributed by atoms with Crippen LogP contribution in [0.1, 0.15) is 31.3 Å². The Morgan fingerprint density at radius 3 is 2.83 bits per heavy atom. The van der Waals surface area contributed by atoms with Gasteiger partial charge in [-0.25, -0.2) is 0 Å². The summed E-state index contributed by atoms with van der Waals surface area (Å²) in [5, 5.41) is 22.2. The van der Waals surface area contributed by atoms with Crippen molar-refractivity contribution < 1.29 is 9.72 Å². The number of hydrogen-bond acceptors (Lipinski definition) is 5. The van der Waals surface area contributed by atoms with Gasteiger partial charge in [0, 0.05) is 6.54 Å². The summed E-state index contributed by atoms with van der Waals surface area (Å²) >= 11 is 6.04. The highest BCUT2D eigenvalue weighted by Crippen LogP contribution is 2.19. The normalized spacial score (nSPS) is 12.2. The molecule has 0 spiro atoms. The van der Waals surface area contributed by atoms with E-state index in [1.54, 1.807) is 11.6 Å². The molecule has 0 aliphatic rings. The summed E-state index contributed by atoms with van der Waals surface area (Å²) in [5.41, 5.74) is 0.857. The molecule has 2 heterocycles. The summed E-state index contributed by atoms with van der Waals surface area (Å²) in [6.45, 7) is 5.92. The number of rotatable bonds is 6. The first-order chi connectivity index (χ1) is 10.8. The molecule has 0 aliphatic heterocycles. The van der Waals surface area contributed by atoms with Gasteiger partial charge in [-0.1, -0.05) is 11.6 Å². The monoisotopic (exact) mass is 340 g/mol. The zero-order valence-electron chi connectivity index (χ0n) is 13.0. The molecule has 9 nitrogen and oxygen atoms in total. The second-order valence-corrected chi connectivity index (χ2v) is 5.39. The summed E-state index contributed by atoms with van der Waals surface area (Å²) in [6.07, 6.45) is 2.78. The number of aromatic nitrogens is 4. The molecule has 1 N–H and O–H groups in total. The fourth-order valence-corrected chi connectivity index (χ4v) is 2.33. The quantitative estimate of drug-likeness (QED) is 0.637. The highest BCUT2D eigenvalue weighted by atomic mass is 35.5. The summed E-state index contributed by atoms with van der Waals surface area (Å²) in [7, 11) is 0. The van der Waals surface area contributed by atoms with Gasteiger partial charge in [0.2, 0.25) is 5.91 Å². The second-order valence-electron chi connectivity index (χ2n) is 4.99. The Labute approximate surface area is 137 Å². The van der Waals surface area contributed by atoms with Crippen molar-refractivity contribution >= 4 is 23.2 Å². The third-order valence-electron chi connectivity index (χ3n) is 3.49. The molecule has 2 rings (SSSR count). The van der Waals surface area contributed by atoms with E-state index in [1.807, 2.05) is 6.92 Å². The van der Waals surface area contributed by atoms with Gasteiger partial charge in [-0.05, 0) is 20.8 Å². The van der Waals surface area contributed by atoms with Crippen LogP contribution in [0.3, 0.4) is 0 Å². The fraction of sp³-hybridized carbons (Fsp3) is 0.462. The van der Waals surface area contributed by atoms with E-state index < -0.39 is 11.0 Å². The number of carbonyl (C=O) groups is 1. The zero-order chi connectivity index (χ0) is 17.1. The number of carbonyl (C=O) groups excluding carboxylic acids is 1. The molecule has 23 heavy (non-hydrogen) atoms. The summed E-state index contributed by atoms with van der Waals surface area (Å²) in [6, 6.07) is -0.681. The van der Waals surface area contributed by atoms with Gasteiger partial charge in [-0.15, -0.1) is 0 Å². The molecular weight excluding hydrogens is 324 g/mol. The van der Waals surface area contributed by atoms with E-state index in [1.165, 1.54) is 24.0 Å². The van der Waals surface area contributed by atoms with Crippen molar-refractivity contribution in [1.29, 1.82) is 0 Å². The van der Waals surface area contributed by atoms with Crippen LogP contribution < -0.4 is 5.32 Å². The van der Waals surface area contributed by atoms with Gasteiger partial charge in [0.15, 0.2) is 0 Å². The summed E-state index contributed by atoms with van der Waals surface area (Å²) in [4.78, 5) is 22.5. The van der Waals surface area contributed by atoms with Crippen molar-refractivity contribution in [3.8, 4) is 0 Å². The standard InChI is InChI=1S/C13H17ClN6O3/c1-4-18-11(10(14)5-16-18)6-15-13(21)9(3)19-7-12(20(22)23)8(2)17-19/h5,7,9H,4,6H2,1-3H3,(H,15,21). The molecule has 2 aromatic heterocycles. The van der Waals surface area contributed by atoms with Crippen LogP contribution >= 0.6 is 11.6 Å². The number of aryl methyl sites for hydroxylation is 2. The smallest absolute Gasteiger partial charge is 0.309 e. The van der Waals surface area contributed by atoms with E-state index in [2.05, 4.69) is 15.5 Å². The molecule has 0 aromatic carbocycles. The Morgan fingerprint density at radius 2 is 2.26 bits per heavy atom. The molecule has 124 valence electrons. The molecule has 0 aliphatic carbocycles. The van der Waals surface area contributed by atoms with Crippen molar-refractivity contribution in [2.24, 2.45) is 0 Å². The molecule has 0 saturated heterocycles. The molecule has 1 amide bonds. The lowest BCUT2D eigenvalue weighted by atomic mass is 10.3. The van der Waals surface area contributed by atoms with Crippen molar-refractivity contribution in [3.63, 3.8) is 0 Å². The Kier molecular flexibility index (Phi) is 4.99. The first-order valence-corrected chi connectivity index (χ1v) is 7.41. The average Bonchev–Trinajstić information content (AvgIpc) is 3.07. The third kappa shape index (κ3) is 3.50. The molecule has 0 fully saturated rings. The van der Waals surface area contributed by atoms with Gasteiger partial charge in [-0.3, -0.25) is 24.3 Å². The van der Waals surface area contributed by atoms with Crippen LogP contribution in [0.4, 0.5) is 5.69 Å². The van der Waals surface area contributed by atoms with Gasteiger partial charge in [0.25, 0.3) is 0 Å². The predicted molar refractivity (Wildman–Crippen MR) is 83.1 cm³/mol. The molecule has 10 heteroatoms. The van der Waals surface area contributed by atoms with Crippen LogP contribution in [0.2, 0.25) is 5.02 Å².